The van der Waals surface area contributed by atoms with Gasteiger partial charge in [0.1, 0.15) is 0 Å². The van der Waals surface area contributed by atoms with Gasteiger partial charge in [-0.25, -0.2) is 13.1 Å². The maximum Gasteiger partial charge on any atom is 0.389 e. The fourth-order valence-electron chi connectivity index (χ4n) is 1.27. The molecule has 0 saturated carbocycles. The molecule has 0 amide bonds. The number of rotatable bonds is 5. The van der Waals surface area contributed by atoms with Crippen LogP contribution in [0, 0.1) is 0 Å². The van der Waals surface area contributed by atoms with Crippen LogP contribution in [0.25, 0.3) is 0 Å². The minimum Gasteiger partial charge on any atom is -0.398 e. The normalized spacial score (nSPS) is 12.6. The molecule has 0 atom stereocenters. The second kappa shape index (κ2) is 6.10. The highest BCUT2D eigenvalue weighted by Gasteiger charge is 2.26. The number of halogens is 4. The molecule has 0 aliphatic heterocycles. The van der Waals surface area contributed by atoms with Gasteiger partial charge in [0, 0.05) is 23.1 Å². The van der Waals surface area contributed by atoms with Gasteiger partial charge in [-0.05, 0) is 40.5 Å². The van der Waals surface area contributed by atoms with E-state index in [9.17, 15) is 21.6 Å². The van der Waals surface area contributed by atoms with E-state index >= 15 is 0 Å². The van der Waals surface area contributed by atoms with E-state index in [1.54, 1.807) is 0 Å². The lowest BCUT2D eigenvalue weighted by Gasteiger charge is -2.09. The summed E-state index contributed by atoms with van der Waals surface area (Å²) in [6, 6.07) is 4.00. The Morgan fingerprint density at radius 2 is 1.95 bits per heavy atom. The van der Waals surface area contributed by atoms with E-state index < -0.39 is 22.6 Å². The van der Waals surface area contributed by atoms with Crippen molar-refractivity contribution in [1.82, 2.24) is 4.72 Å². The summed E-state index contributed by atoms with van der Waals surface area (Å²) >= 11 is 3.12. The predicted molar refractivity (Wildman–Crippen MR) is 69.0 cm³/mol. The molecule has 0 aliphatic carbocycles. The molecule has 0 radical (unpaired) electrons. The first-order valence-electron chi connectivity index (χ1n) is 5.23. The van der Waals surface area contributed by atoms with Gasteiger partial charge in [0.05, 0.1) is 4.90 Å². The van der Waals surface area contributed by atoms with Crippen LogP contribution in [-0.2, 0) is 10.0 Å². The Kier molecular flexibility index (Phi) is 5.22. The molecule has 0 aliphatic rings. The van der Waals surface area contributed by atoms with Crippen molar-refractivity contribution < 1.29 is 21.6 Å². The molecule has 108 valence electrons. The third kappa shape index (κ3) is 5.37. The lowest BCUT2D eigenvalue weighted by molar-refractivity contribution is -0.135. The van der Waals surface area contributed by atoms with Crippen LogP contribution in [0.3, 0.4) is 0 Å². The highest BCUT2D eigenvalue weighted by Crippen LogP contribution is 2.23. The number of sulfonamides is 1. The van der Waals surface area contributed by atoms with E-state index in [0.717, 1.165) is 0 Å². The standard InChI is InChI=1S/C10H12BrF3N2O2S/c11-8-3-2-7(6-9(8)15)19(17,18)16-5-1-4-10(12,13)14/h2-3,6,16H,1,4-5,15H2. The average Bonchev–Trinajstić information content (AvgIpc) is 2.27. The number of hydrogen-bond donors (Lipinski definition) is 2. The minimum absolute atomic E-state index is 0.0831. The molecule has 1 rings (SSSR count). The van der Waals surface area contributed by atoms with Gasteiger partial charge in [0.25, 0.3) is 0 Å². The fourth-order valence-corrected chi connectivity index (χ4v) is 2.62. The van der Waals surface area contributed by atoms with Crippen molar-refractivity contribution in [3.63, 3.8) is 0 Å². The number of alkyl halides is 3. The largest absolute Gasteiger partial charge is 0.398 e. The first-order valence-corrected chi connectivity index (χ1v) is 7.51. The van der Waals surface area contributed by atoms with E-state index in [1.807, 2.05) is 0 Å². The van der Waals surface area contributed by atoms with Crippen LogP contribution in [-0.4, -0.2) is 21.1 Å². The summed E-state index contributed by atoms with van der Waals surface area (Å²) in [5, 5.41) is 0. The summed E-state index contributed by atoms with van der Waals surface area (Å²) in [5.74, 6) is 0. The highest BCUT2D eigenvalue weighted by atomic mass is 79.9. The topological polar surface area (TPSA) is 72.2 Å². The van der Waals surface area contributed by atoms with Crippen LogP contribution in [0.2, 0.25) is 0 Å². The molecule has 9 heteroatoms. The SMILES string of the molecule is Nc1cc(S(=O)(=O)NCCCC(F)(F)F)ccc1Br. The second-order valence-electron chi connectivity index (χ2n) is 3.80. The van der Waals surface area contributed by atoms with Crippen molar-refractivity contribution in [3.05, 3.63) is 22.7 Å². The fraction of sp³-hybridized carbons (Fsp3) is 0.400. The molecule has 0 saturated heterocycles. The molecule has 0 heterocycles. The van der Waals surface area contributed by atoms with Crippen LogP contribution in [0.1, 0.15) is 12.8 Å². The van der Waals surface area contributed by atoms with Crippen molar-refractivity contribution >= 4 is 31.6 Å². The molecule has 1 aromatic rings. The molecule has 3 N–H and O–H groups in total. The molecule has 0 aromatic heterocycles. The van der Waals surface area contributed by atoms with Gasteiger partial charge in [0.15, 0.2) is 0 Å². The Morgan fingerprint density at radius 1 is 1.32 bits per heavy atom. The predicted octanol–water partition coefficient (Wildman–Crippen LogP) is 2.65. The zero-order valence-electron chi connectivity index (χ0n) is 9.67. The average molecular weight is 361 g/mol. The number of nitrogens with one attached hydrogen (secondary N) is 1. The van der Waals surface area contributed by atoms with Gasteiger partial charge in [-0.1, -0.05) is 0 Å². The molecular formula is C10H12BrF3N2O2S. The highest BCUT2D eigenvalue weighted by molar-refractivity contribution is 9.10. The van der Waals surface area contributed by atoms with E-state index in [0.29, 0.717) is 4.47 Å². The van der Waals surface area contributed by atoms with E-state index in [-0.39, 0.29) is 23.5 Å². The van der Waals surface area contributed by atoms with E-state index in [4.69, 9.17) is 5.73 Å². The smallest absolute Gasteiger partial charge is 0.389 e. The summed E-state index contributed by atoms with van der Waals surface area (Å²) in [6.45, 7) is -0.280. The Labute approximate surface area is 117 Å². The van der Waals surface area contributed by atoms with Gasteiger partial charge in [-0.2, -0.15) is 13.2 Å². The van der Waals surface area contributed by atoms with Gasteiger partial charge in [-0.15, -0.1) is 0 Å². The maximum absolute atomic E-state index is 11.9. The van der Waals surface area contributed by atoms with E-state index in [2.05, 4.69) is 20.7 Å². The summed E-state index contributed by atoms with van der Waals surface area (Å²) in [5.41, 5.74) is 5.78. The summed E-state index contributed by atoms with van der Waals surface area (Å²) < 4.78 is 61.8. The minimum atomic E-state index is -4.28. The number of benzene rings is 1. The summed E-state index contributed by atoms with van der Waals surface area (Å²) in [4.78, 5) is -0.0831. The van der Waals surface area contributed by atoms with Crippen LogP contribution in [0.4, 0.5) is 18.9 Å². The van der Waals surface area contributed by atoms with Crippen LogP contribution in [0.5, 0.6) is 0 Å². The third-order valence-electron chi connectivity index (χ3n) is 2.21. The molecule has 0 unspecified atom stereocenters. The van der Waals surface area contributed by atoms with E-state index in [1.165, 1.54) is 18.2 Å². The quantitative estimate of drug-likeness (QED) is 0.626. The number of anilines is 1. The number of nitrogens with two attached hydrogens (primary N) is 1. The summed E-state index contributed by atoms with van der Waals surface area (Å²) in [6.07, 6.45) is -5.62. The molecule has 4 nitrogen and oxygen atoms in total. The van der Waals surface area contributed by atoms with Crippen LogP contribution in [0.15, 0.2) is 27.6 Å². The first kappa shape index (κ1) is 16.3. The third-order valence-corrected chi connectivity index (χ3v) is 4.39. The van der Waals surface area contributed by atoms with Crippen molar-refractivity contribution in [2.24, 2.45) is 0 Å². The van der Waals surface area contributed by atoms with Crippen molar-refractivity contribution in [1.29, 1.82) is 0 Å². The number of nitrogen functional groups attached to an aromatic ring is 1. The molecule has 0 spiro atoms. The van der Waals surface area contributed by atoms with Gasteiger partial charge in [0.2, 0.25) is 10.0 Å². The molecule has 1 aromatic carbocycles. The second-order valence-corrected chi connectivity index (χ2v) is 6.42. The Hall–Kier alpha value is -0.800. The van der Waals surface area contributed by atoms with Gasteiger partial charge >= 0.3 is 6.18 Å². The Balaban J connectivity index is 2.63. The molecule has 0 fully saturated rings. The summed E-state index contributed by atoms with van der Waals surface area (Å²) in [7, 11) is -3.84. The lowest BCUT2D eigenvalue weighted by atomic mass is 10.3. The lowest BCUT2D eigenvalue weighted by Crippen LogP contribution is -2.26. The van der Waals surface area contributed by atoms with Crippen molar-refractivity contribution in [3.8, 4) is 0 Å². The van der Waals surface area contributed by atoms with Gasteiger partial charge < -0.3 is 5.73 Å². The van der Waals surface area contributed by atoms with Crippen molar-refractivity contribution in [2.45, 2.75) is 23.9 Å². The monoisotopic (exact) mass is 360 g/mol. The molecule has 19 heavy (non-hydrogen) atoms. The Morgan fingerprint density at radius 3 is 2.47 bits per heavy atom. The van der Waals surface area contributed by atoms with Gasteiger partial charge in [-0.3, -0.25) is 0 Å². The maximum atomic E-state index is 11.9. The van der Waals surface area contributed by atoms with Crippen LogP contribution < -0.4 is 10.5 Å². The molecular weight excluding hydrogens is 349 g/mol. The Bertz CT molecular complexity index is 546. The number of hydrogen-bond acceptors (Lipinski definition) is 3. The molecule has 0 bridgehead atoms. The zero-order valence-corrected chi connectivity index (χ0v) is 12.1. The van der Waals surface area contributed by atoms with Crippen LogP contribution >= 0.6 is 15.9 Å². The first-order chi connectivity index (χ1) is 8.62. The van der Waals surface area contributed by atoms with Crippen molar-refractivity contribution in [2.75, 3.05) is 12.3 Å². The zero-order chi connectivity index (χ0) is 14.7.